The summed E-state index contributed by atoms with van der Waals surface area (Å²) >= 11 is 0. The van der Waals surface area contributed by atoms with Gasteiger partial charge in [-0.05, 0) is 12.3 Å². The lowest BCUT2D eigenvalue weighted by molar-refractivity contribution is -0.132. The molecular formula is C13H26N2O2. The second kappa shape index (κ2) is 7.67. The molecule has 0 aromatic heterocycles. The lowest BCUT2D eigenvalue weighted by Crippen LogP contribution is -2.44. The van der Waals surface area contributed by atoms with Crippen molar-refractivity contribution in [1.82, 2.24) is 4.90 Å². The van der Waals surface area contributed by atoms with E-state index in [4.69, 9.17) is 10.5 Å². The zero-order valence-electron chi connectivity index (χ0n) is 11.2. The van der Waals surface area contributed by atoms with E-state index in [1.54, 1.807) is 19.1 Å². The van der Waals surface area contributed by atoms with Gasteiger partial charge in [-0.2, -0.15) is 0 Å². The van der Waals surface area contributed by atoms with Crippen LogP contribution in [0.25, 0.3) is 0 Å². The van der Waals surface area contributed by atoms with Crippen molar-refractivity contribution in [1.29, 1.82) is 0 Å². The second-order valence-corrected chi connectivity index (χ2v) is 5.10. The first kappa shape index (κ1) is 14.5. The van der Waals surface area contributed by atoms with Gasteiger partial charge >= 0.3 is 0 Å². The fourth-order valence-electron chi connectivity index (χ4n) is 2.50. The number of methoxy groups -OCH3 is 1. The Morgan fingerprint density at radius 3 is 2.65 bits per heavy atom. The van der Waals surface area contributed by atoms with Crippen molar-refractivity contribution < 1.29 is 9.53 Å². The zero-order chi connectivity index (χ0) is 12.7. The number of rotatable bonds is 6. The zero-order valence-corrected chi connectivity index (χ0v) is 11.2. The van der Waals surface area contributed by atoms with Crippen LogP contribution in [0.5, 0.6) is 0 Å². The maximum absolute atomic E-state index is 12.0. The third kappa shape index (κ3) is 5.04. The van der Waals surface area contributed by atoms with Gasteiger partial charge in [0.05, 0.1) is 12.6 Å². The number of hydrogen-bond donors (Lipinski definition) is 1. The number of nitrogens with zero attached hydrogens (tertiary/aromatic N) is 1. The third-order valence-electron chi connectivity index (χ3n) is 3.64. The molecule has 1 unspecified atom stereocenters. The van der Waals surface area contributed by atoms with Crippen molar-refractivity contribution in [3.63, 3.8) is 0 Å². The standard InChI is InChI=1S/C13H26N2O2/c1-15(8-9-17-2)13(16)12(14)10-11-6-4-3-5-7-11/h11-12H,3-10,14H2,1-2H3. The predicted octanol–water partition coefficient (Wildman–Crippen LogP) is 1.39. The van der Waals surface area contributed by atoms with Crippen LogP contribution >= 0.6 is 0 Å². The Labute approximate surface area is 104 Å². The Hall–Kier alpha value is -0.610. The first-order chi connectivity index (χ1) is 8.15. The number of ether oxygens (including phenoxy) is 1. The number of hydrogen-bond acceptors (Lipinski definition) is 3. The molecule has 1 aliphatic carbocycles. The van der Waals surface area contributed by atoms with E-state index in [1.807, 2.05) is 0 Å². The molecule has 1 atom stereocenters. The van der Waals surface area contributed by atoms with Gasteiger partial charge in [-0.3, -0.25) is 4.79 Å². The van der Waals surface area contributed by atoms with Gasteiger partial charge in [0.15, 0.2) is 0 Å². The van der Waals surface area contributed by atoms with Crippen molar-refractivity contribution >= 4 is 5.91 Å². The number of amides is 1. The molecule has 0 aromatic rings. The Bertz CT molecular complexity index is 227. The molecule has 100 valence electrons. The summed E-state index contributed by atoms with van der Waals surface area (Å²) in [6, 6.07) is -0.333. The summed E-state index contributed by atoms with van der Waals surface area (Å²) in [5.74, 6) is 0.700. The van der Waals surface area contributed by atoms with E-state index in [2.05, 4.69) is 0 Å². The normalized spacial score (nSPS) is 19.0. The minimum atomic E-state index is -0.333. The highest BCUT2D eigenvalue weighted by molar-refractivity contribution is 5.81. The van der Waals surface area contributed by atoms with Gasteiger partial charge in [0.25, 0.3) is 0 Å². The maximum atomic E-state index is 12.0. The van der Waals surface area contributed by atoms with Crippen molar-refractivity contribution in [2.75, 3.05) is 27.3 Å². The highest BCUT2D eigenvalue weighted by Gasteiger charge is 2.23. The van der Waals surface area contributed by atoms with Gasteiger partial charge in [0, 0.05) is 20.7 Å². The lowest BCUT2D eigenvalue weighted by Gasteiger charge is -2.26. The van der Waals surface area contributed by atoms with Crippen molar-refractivity contribution in [2.24, 2.45) is 11.7 Å². The molecule has 0 aliphatic heterocycles. The molecule has 0 bridgehead atoms. The summed E-state index contributed by atoms with van der Waals surface area (Å²) in [5.41, 5.74) is 5.99. The van der Waals surface area contributed by atoms with Gasteiger partial charge in [-0.25, -0.2) is 0 Å². The molecule has 1 amide bonds. The van der Waals surface area contributed by atoms with Crippen molar-refractivity contribution in [2.45, 2.75) is 44.6 Å². The number of carbonyl (C=O) groups is 1. The molecule has 0 spiro atoms. The lowest BCUT2D eigenvalue weighted by atomic mass is 9.85. The smallest absolute Gasteiger partial charge is 0.239 e. The van der Waals surface area contributed by atoms with Crippen LogP contribution in [0.4, 0.5) is 0 Å². The number of carbonyl (C=O) groups excluding carboxylic acids is 1. The second-order valence-electron chi connectivity index (χ2n) is 5.10. The van der Waals surface area contributed by atoms with Crippen LogP contribution in [-0.4, -0.2) is 44.2 Å². The van der Waals surface area contributed by atoms with Gasteiger partial charge in [-0.15, -0.1) is 0 Å². The van der Waals surface area contributed by atoms with Gasteiger partial charge in [0.1, 0.15) is 0 Å². The molecule has 0 radical (unpaired) electrons. The highest BCUT2D eigenvalue weighted by Crippen LogP contribution is 2.27. The monoisotopic (exact) mass is 242 g/mol. The predicted molar refractivity (Wildman–Crippen MR) is 68.7 cm³/mol. The molecule has 1 aliphatic rings. The summed E-state index contributed by atoms with van der Waals surface area (Å²) < 4.78 is 4.96. The Morgan fingerprint density at radius 1 is 1.41 bits per heavy atom. The van der Waals surface area contributed by atoms with Crippen molar-refractivity contribution in [3.8, 4) is 0 Å². The molecule has 1 saturated carbocycles. The summed E-state index contributed by atoms with van der Waals surface area (Å²) in [5, 5.41) is 0. The van der Waals surface area contributed by atoms with Gasteiger partial charge < -0.3 is 15.4 Å². The quantitative estimate of drug-likeness (QED) is 0.765. The average molecular weight is 242 g/mol. The van der Waals surface area contributed by atoms with Crippen molar-refractivity contribution in [3.05, 3.63) is 0 Å². The first-order valence-corrected chi connectivity index (χ1v) is 6.64. The SMILES string of the molecule is COCCN(C)C(=O)C(N)CC1CCCCC1. The Balaban J connectivity index is 2.29. The minimum absolute atomic E-state index is 0.0487. The molecule has 1 fully saturated rings. The fourth-order valence-corrected chi connectivity index (χ4v) is 2.50. The largest absolute Gasteiger partial charge is 0.383 e. The van der Waals surface area contributed by atoms with Crippen LogP contribution in [0.1, 0.15) is 38.5 Å². The fraction of sp³-hybridized carbons (Fsp3) is 0.923. The maximum Gasteiger partial charge on any atom is 0.239 e. The van der Waals surface area contributed by atoms with E-state index in [0.29, 0.717) is 19.1 Å². The minimum Gasteiger partial charge on any atom is -0.383 e. The van der Waals surface area contributed by atoms with Crippen LogP contribution in [0, 0.1) is 5.92 Å². The van der Waals surface area contributed by atoms with E-state index in [0.717, 1.165) is 6.42 Å². The van der Waals surface area contributed by atoms with E-state index in [-0.39, 0.29) is 11.9 Å². The summed E-state index contributed by atoms with van der Waals surface area (Å²) in [6.07, 6.45) is 7.26. The highest BCUT2D eigenvalue weighted by atomic mass is 16.5. The van der Waals surface area contributed by atoms with Crippen LogP contribution < -0.4 is 5.73 Å². The molecule has 17 heavy (non-hydrogen) atoms. The van der Waals surface area contributed by atoms with E-state index in [9.17, 15) is 4.79 Å². The van der Waals surface area contributed by atoms with E-state index in [1.165, 1.54) is 32.1 Å². The van der Waals surface area contributed by atoms with Crippen LogP contribution in [0.15, 0.2) is 0 Å². The summed E-state index contributed by atoms with van der Waals surface area (Å²) in [7, 11) is 3.43. The molecule has 0 aromatic carbocycles. The van der Waals surface area contributed by atoms with Crippen LogP contribution in [0.3, 0.4) is 0 Å². The van der Waals surface area contributed by atoms with Crippen LogP contribution in [-0.2, 0) is 9.53 Å². The van der Waals surface area contributed by atoms with E-state index >= 15 is 0 Å². The summed E-state index contributed by atoms with van der Waals surface area (Å²) in [4.78, 5) is 13.6. The third-order valence-corrected chi connectivity index (χ3v) is 3.64. The average Bonchev–Trinajstić information content (AvgIpc) is 2.36. The van der Waals surface area contributed by atoms with Gasteiger partial charge in [0.2, 0.25) is 5.91 Å². The molecule has 4 nitrogen and oxygen atoms in total. The topological polar surface area (TPSA) is 55.6 Å². The molecule has 0 saturated heterocycles. The molecule has 1 rings (SSSR count). The Kier molecular flexibility index (Phi) is 6.52. The molecular weight excluding hydrogens is 216 g/mol. The van der Waals surface area contributed by atoms with Crippen LogP contribution in [0.2, 0.25) is 0 Å². The number of likely N-dealkylation sites (N-methyl/N-ethyl adjacent to an activating group) is 1. The molecule has 4 heteroatoms. The molecule has 2 N–H and O–H groups in total. The number of nitrogens with two attached hydrogens (primary N) is 1. The van der Waals surface area contributed by atoms with E-state index < -0.39 is 0 Å². The Morgan fingerprint density at radius 2 is 2.06 bits per heavy atom. The molecule has 0 heterocycles. The summed E-state index contributed by atoms with van der Waals surface area (Å²) in [6.45, 7) is 1.19. The first-order valence-electron chi connectivity index (χ1n) is 6.64. The van der Waals surface area contributed by atoms with Gasteiger partial charge in [-0.1, -0.05) is 32.1 Å².